The topological polar surface area (TPSA) is 295 Å². The van der Waals surface area contributed by atoms with Crippen LogP contribution in [-0.4, -0.2) is 241 Å². The van der Waals surface area contributed by atoms with Crippen LogP contribution in [0.25, 0.3) is 0 Å². The summed E-state index contributed by atoms with van der Waals surface area (Å²) in [6, 6.07) is 36.8. The van der Waals surface area contributed by atoms with Crippen LogP contribution in [0, 0.1) is 0 Å². The molecule has 16 heterocycles. The molecule has 0 bridgehead atoms. The fraction of sp³-hybridized carbons (Fsp3) is 0.561. The number of piperidine rings is 1. The van der Waals surface area contributed by atoms with Crippen molar-refractivity contribution in [1.82, 2.24) is 78.7 Å². The summed E-state index contributed by atoms with van der Waals surface area (Å²) in [5.74, 6) is 2.19. The Morgan fingerprint density at radius 3 is 0.669 bits per heavy atom. The molecule has 0 unspecified atom stereocenters. The molecule has 0 spiro atoms. The number of rotatable bonds is 0. The molecule has 5 fully saturated rings. The standard InChI is InChI=1S/2C11H13NO.2C10H12N2O.C10H11NO.2C9H10N2O.C9H17NO.C8H15NO.C7H13NO.C6H11NO.C5H9NO.9CH4/c2*1-9(13)12-7-6-10-4-2-3-5-11(10)8-12;1-8(13)12-5-3-9-2-4-11-6-10(9)7-12;1-8(13)12-6-4-9-3-2-5-11-10(9)7-12;1-8(12)11-6-9-4-2-3-5-10(9)7-11;1-7(12)11-5-8-2-3-10-4-9(8)6-11;1-7(12)11-5-8-3-2-4-10-9(8)6-11;1-9(11)10-7-5-3-2-4-6-8-10;1-8(10)9-6-4-2-3-5-7-9;1-7(9)8-5-3-2-4-6-8;1-6(8)7-4-2-3-5-7;1-5(7)6-3-2-4-6;;;;;;;;;/h2*2-5H,6-8H2,1H3;2,4,6H,3,5,7H2,1H3;2-3,5H,4,6-7H2,1H3;2-5H,6-7H2,1H3;2*2-4H,5-6H2,1H3;2-8H2,1H3;2-7H2,1H3;2-6H2,1H3;2-5H2,1H3;2-4H2,1H3;9*1H4. The van der Waals surface area contributed by atoms with Crippen LogP contribution >= 0.6 is 0 Å². The second-order valence-corrected chi connectivity index (χ2v) is 35.5. The highest BCUT2D eigenvalue weighted by atomic mass is 16.2. The Labute approximate surface area is 855 Å². The van der Waals surface area contributed by atoms with E-state index >= 15 is 0 Å². The van der Waals surface area contributed by atoms with E-state index in [0.29, 0.717) is 13.1 Å². The highest BCUT2D eigenvalue weighted by Gasteiger charge is 2.27. The molecule has 12 aliphatic rings. The number of pyridine rings is 4. The lowest BCUT2D eigenvalue weighted by Gasteiger charge is -2.29. The van der Waals surface area contributed by atoms with Gasteiger partial charge in [0.1, 0.15) is 0 Å². The first-order chi connectivity index (χ1) is 63.9. The van der Waals surface area contributed by atoms with E-state index in [1.54, 1.807) is 107 Å². The molecule has 142 heavy (non-hydrogen) atoms. The van der Waals surface area contributed by atoms with Gasteiger partial charge in [0.2, 0.25) is 70.9 Å². The van der Waals surface area contributed by atoms with Crippen molar-refractivity contribution >= 4 is 70.9 Å². The van der Waals surface area contributed by atoms with E-state index in [9.17, 15) is 57.5 Å². The quantitative estimate of drug-likeness (QED) is 0.136. The average molecular weight is 1970 g/mol. The third-order valence-electron chi connectivity index (χ3n) is 25.6. The number of benzene rings is 3. The maximum Gasteiger partial charge on any atom is 0.220 e. The van der Waals surface area contributed by atoms with Crippen LogP contribution in [0.4, 0.5) is 0 Å². The predicted octanol–water partition coefficient (Wildman–Crippen LogP) is 19.4. The molecule has 3 aromatic carbocycles. The van der Waals surface area contributed by atoms with E-state index < -0.39 is 0 Å². The minimum absolute atomic E-state index is 0. The maximum absolute atomic E-state index is 11.1. The Hall–Kier alpha value is -12.1. The first kappa shape index (κ1) is 132. The lowest BCUT2D eigenvalue weighted by atomic mass is 10.00. The minimum atomic E-state index is 0. The Kier molecular flexibility index (Phi) is 65.5. The summed E-state index contributed by atoms with van der Waals surface area (Å²) in [6.07, 6.45) is 33.3. The number of fused-ring (bicyclic) bond motifs is 7. The lowest BCUT2D eigenvalue weighted by Crippen LogP contribution is -2.40. The summed E-state index contributed by atoms with van der Waals surface area (Å²) in [4.78, 5) is 170. The molecule has 12 amide bonds. The number of hydrogen-bond acceptors (Lipinski definition) is 16. The number of likely N-dealkylation sites (tertiary alicyclic amines) is 5. The molecular weight excluding hydrogens is 1790 g/mol. The molecule has 19 rings (SSSR count). The summed E-state index contributed by atoms with van der Waals surface area (Å²) >= 11 is 0. The fourth-order valence-corrected chi connectivity index (χ4v) is 17.0. The van der Waals surface area contributed by atoms with Gasteiger partial charge in [-0.2, -0.15) is 0 Å². The Morgan fingerprint density at radius 1 is 0.176 bits per heavy atom. The van der Waals surface area contributed by atoms with E-state index in [4.69, 9.17) is 0 Å². The fourth-order valence-electron chi connectivity index (χ4n) is 17.0. The highest BCUT2D eigenvalue weighted by molar-refractivity contribution is 5.78. The number of amides is 12. The SMILES string of the molecule is C.C.C.C.C.C.C.C.C.CC(=O)N1CCC1.CC(=O)N1CCCC1.CC(=O)N1CCCCC1.CC(=O)N1CCCCCC1.CC(=O)N1CCCCCCC1.CC(=O)N1CCc2ccccc2C1.CC(=O)N1CCc2ccccc2C1.CC(=O)N1CCc2cccnc2C1.CC(=O)N1CCc2ccncc2C1.CC(=O)N1Cc2ccccc2C1.CC(=O)N1Cc2cccnc2C1.CC(=O)N1Cc2ccncc2C1. The number of carbonyl (C=O) groups excluding carboxylic acids is 12. The molecule has 790 valence electrons. The van der Waals surface area contributed by atoms with Crippen LogP contribution in [0.3, 0.4) is 0 Å². The zero-order chi connectivity index (χ0) is 96.1. The lowest BCUT2D eigenvalue weighted by molar-refractivity contribution is -0.132. The zero-order valence-corrected chi connectivity index (χ0v) is 81.3. The Bertz CT molecular complexity index is 4440. The van der Waals surface area contributed by atoms with Gasteiger partial charge in [-0.3, -0.25) is 77.5 Å². The first-order valence-electron chi connectivity index (χ1n) is 47.9. The predicted molar refractivity (Wildman–Crippen MR) is 576 cm³/mol. The van der Waals surface area contributed by atoms with Crippen LogP contribution < -0.4 is 0 Å². The van der Waals surface area contributed by atoms with Gasteiger partial charge in [-0.25, -0.2) is 0 Å². The van der Waals surface area contributed by atoms with Crippen molar-refractivity contribution in [2.45, 2.75) is 337 Å². The van der Waals surface area contributed by atoms with Crippen molar-refractivity contribution in [3.63, 3.8) is 0 Å². The largest absolute Gasteiger partial charge is 0.343 e. The summed E-state index contributed by atoms with van der Waals surface area (Å²) in [7, 11) is 0. The van der Waals surface area contributed by atoms with Gasteiger partial charge < -0.3 is 58.8 Å². The van der Waals surface area contributed by atoms with Crippen molar-refractivity contribution in [1.29, 1.82) is 0 Å². The first-order valence-corrected chi connectivity index (χ1v) is 47.9. The maximum atomic E-state index is 11.1. The van der Waals surface area contributed by atoms with Gasteiger partial charge in [-0.1, -0.05) is 184 Å². The van der Waals surface area contributed by atoms with E-state index in [-0.39, 0.29) is 138 Å². The molecule has 28 nitrogen and oxygen atoms in total. The number of hydrogen-bond donors (Lipinski definition) is 0. The molecule has 0 N–H and O–H groups in total. The average Bonchev–Trinajstić information content (AvgIpc) is 1.65. The molecule has 12 aliphatic heterocycles. The van der Waals surface area contributed by atoms with E-state index in [1.165, 1.54) is 163 Å². The van der Waals surface area contributed by atoms with Crippen molar-refractivity contribution in [2.24, 2.45) is 0 Å². The molecule has 5 saturated heterocycles. The van der Waals surface area contributed by atoms with Crippen LogP contribution in [0.2, 0.25) is 0 Å². The van der Waals surface area contributed by atoms with Crippen LogP contribution in [0.15, 0.2) is 146 Å². The number of aromatic nitrogens is 4. The van der Waals surface area contributed by atoms with Crippen LogP contribution in [0.1, 0.15) is 324 Å². The molecule has 7 aromatic rings. The van der Waals surface area contributed by atoms with Crippen molar-refractivity contribution < 1.29 is 57.5 Å². The highest BCUT2D eigenvalue weighted by Crippen LogP contribution is 2.27. The summed E-state index contributed by atoms with van der Waals surface area (Å²) < 4.78 is 0. The normalized spacial score (nSPS) is 15.6. The van der Waals surface area contributed by atoms with Crippen molar-refractivity contribution in [2.75, 3.05) is 91.6 Å². The second kappa shape index (κ2) is 70.5. The third-order valence-corrected chi connectivity index (χ3v) is 25.6. The van der Waals surface area contributed by atoms with Crippen LogP contribution in [0.5, 0.6) is 0 Å². The molecule has 28 heteroatoms. The van der Waals surface area contributed by atoms with Gasteiger partial charge in [-0.15, -0.1) is 0 Å². The monoisotopic (exact) mass is 1970 g/mol. The van der Waals surface area contributed by atoms with Gasteiger partial charge in [0.15, 0.2) is 0 Å². The van der Waals surface area contributed by atoms with Crippen LogP contribution in [-0.2, 0) is 149 Å². The van der Waals surface area contributed by atoms with Gasteiger partial charge in [-0.05, 0) is 181 Å². The van der Waals surface area contributed by atoms with Crippen molar-refractivity contribution in [3.8, 4) is 0 Å². The van der Waals surface area contributed by atoms with E-state index in [0.717, 1.165) is 181 Å². The Morgan fingerprint density at radius 2 is 0.366 bits per heavy atom. The minimum Gasteiger partial charge on any atom is -0.343 e. The summed E-state index contributed by atoms with van der Waals surface area (Å²) in [5.41, 5.74) is 17.4. The van der Waals surface area contributed by atoms with Crippen molar-refractivity contribution in [3.05, 3.63) is 225 Å². The summed E-state index contributed by atoms with van der Waals surface area (Å²) in [6.45, 7) is 40.1. The van der Waals surface area contributed by atoms with E-state index in [2.05, 4.69) is 74.5 Å². The van der Waals surface area contributed by atoms with Gasteiger partial charge in [0.05, 0.1) is 24.5 Å². The van der Waals surface area contributed by atoms with Gasteiger partial charge in [0, 0.05) is 264 Å². The van der Waals surface area contributed by atoms with Gasteiger partial charge in [0.25, 0.3) is 0 Å². The zero-order valence-electron chi connectivity index (χ0n) is 81.3. The molecule has 4 aromatic heterocycles. The second-order valence-electron chi connectivity index (χ2n) is 35.5. The Balaban J connectivity index is 0. The molecule has 0 atom stereocenters. The molecule has 0 saturated carbocycles. The van der Waals surface area contributed by atoms with Gasteiger partial charge >= 0.3 is 0 Å². The van der Waals surface area contributed by atoms with E-state index in [1.807, 2.05) is 127 Å². The number of carbonyl (C=O) groups is 12. The molecule has 0 radical (unpaired) electrons. The number of nitrogens with zero attached hydrogens (tertiary/aromatic N) is 16. The molecular formula is C114H182N16O12. The smallest absolute Gasteiger partial charge is 0.220 e. The third kappa shape index (κ3) is 45.4. The summed E-state index contributed by atoms with van der Waals surface area (Å²) in [5, 5.41) is 0. The molecule has 0 aliphatic carbocycles.